The number of carbonyl (C=O) groups is 1. The van der Waals surface area contributed by atoms with Crippen LogP contribution in [0, 0.1) is 0 Å². The summed E-state index contributed by atoms with van der Waals surface area (Å²) in [6, 6.07) is 23.8. The van der Waals surface area contributed by atoms with E-state index in [1.807, 2.05) is 48.5 Å². The Bertz CT molecular complexity index is 1330. The lowest BCUT2D eigenvalue weighted by Gasteiger charge is -2.19. The molecule has 3 aromatic carbocycles. The molecular formula is C34H42N4O3. The Hall–Kier alpha value is -4.13. The molecule has 1 heterocycles. The number of anilines is 1. The van der Waals surface area contributed by atoms with Crippen LogP contribution in [0.4, 0.5) is 5.69 Å². The molecule has 0 bridgehead atoms. The molecule has 0 fully saturated rings. The fraction of sp³-hybridized carbons (Fsp3) is 0.382. The molecule has 216 valence electrons. The summed E-state index contributed by atoms with van der Waals surface area (Å²) in [4.78, 5) is 12.7. The Morgan fingerprint density at radius 3 is 2.12 bits per heavy atom. The van der Waals surface area contributed by atoms with Crippen molar-refractivity contribution in [1.82, 2.24) is 15.0 Å². The highest BCUT2D eigenvalue weighted by Crippen LogP contribution is 2.26. The maximum atomic E-state index is 12.7. The Morgan fingerprint density at radius 2 is 1.46 bits per heavy atom. The van der Waals surface area contributed by atoms with Crippen LogP contribution in [0.15, 0.2) is 79.0 Å². The Kier molecular flexibility index (Phi) is 11.4. The second-order valence-corrected chi connectivity index (χ2v) is 10.4. The second-order valence-electron chi connectivity index (χ2n) is 10.4. The van der Waals surface area contributed by atoms with Gasteiger partial charge in [0, 0.05) is 5.69 Å². The number of benzene rings is 3. The summed E-state index contributed by atoms with van der Waals surface area (Å²) in [6.07, 6.45) is 11.7. The van der Waals surface area contributed by atoms with Crippen molar-refractivity contribution in [2.24, 2.45) is 0 Å². The summed E-state index contributed by atoms with van der Waals surface area (Å²) in [7, 11) is 1.64. The summed E-state index contributed by atoms with van der Waals surface area (Å²) in [5.74, 6) is 1.42. The highest BCUT2D eigenvalue weighted by molar-refractivity contribution is 6.02. The molecule has 1 atom stereocenters. The SMILES string of the molecule is CCCCCCCC(CCC)Oc1ccc(-c2ccc(NC(=O)c3cn(Cc4ccc(OC)cc4)nn3)cc2)cc1. The van der Waals surface area contributed by atoms with Crippen LogP contribution in [-0.2, 0) is 6.54 Å². The molecule has 1 N–H and O–H groups in total. The number of rotatable bonds is 16. The highest BCUT2D eigenvalue weighted by atomic mass is 16.5. The first-order valence-corrected chi connectivity index (χ1v) is 14.8. The summed E-state index contributed by atoms with van der Waals surface area (Å²) >= 11 is 0. The molecular weight excluding hydrogens is 512 g/mol. The standard InChI is InChI=1S/C34H42N4O3/c1-4-6-7-8-9-11-31(10-5-2)41-32-22-16-28(17-23-32)27-14-18-29(19-15-27)35-34(39)33-25-38(37-36-33)24-26-12-20-30(40-3)21-13-26/h12-23,25,31H,4-11,24H2,1-3H3,(H,35,39). The molecule has 7 heteroatoms. The number of aromatic nitrogens is 3. The van der Waals surface area contributed by atoms with E-state index in [4.69, 9.17) is 9.47 Å². The van der Waals surface area contributed by atoms with Crippen molar-refractivity contribution in [3.8, 4) is 22.6 Å². The lowest BCUT2D eigenvalue weighted by atomic mass is 10.0. The van der Waals surface area contributed by atoms with Gasteiger partial charge in [0.2, 0.25) is 0 Å². The molecule has 0 saturated carbocycles. The van der Waals surface area contributed by atoms with Gasteiger partial charge in [0.1, 0.15) is 11.5 Å². The van der Waals surface area contributed by atoms with Gasteiger partial charge in [0.05, 0.1) is 26.0 Å². The van der Waals surface area contributed by atoms with Crippen LogP contribution in [0.5, 0.6) is 11.5 Å². The topological polar surface area (TPSA) is 78.3 Å². The van der Waals surface area contributed by atoms with E-state index >= 15 is 0 Å². The Morgan fingerprint density at radius 1 is 0.805 bits per heavy atom. The van der Waals surface area contributed by atoms with Crippen LogP contribution >= 0.6 is 0 Å². The van der Waals surface area contributed by atoms with Crippen molar-refractivity contribution >= 4 is 11.6 Å². The number of amides is 1. The maximum absolute atomic E-state index is 12.7. The highest BCUT2D eigenvalue weighted by Gasteiger charge is 2.13. The number of methoxy groups -OCH3 is 1. The first-order valence-electron chi connectivity index (χ1n) is 14.8. The van der Waals surface area contributed by atoms with Crippen molar-refractivity contribution in [3.05, 3.63) is 90.3 Å². The van der Waals surface area contributed by atoms with Gasteiger partial charge in [-0.05, 0) is 72.4 Å². The predicted molar refractivity (Wildman–Crippen MR) is 165 cm³/mol. The van der Waals surface area contributed by atoms with Gasteiger partial charge in [-0.15, -0.1) is 5.10 Å². The van der Waals surface area contributed by atoms with E-state index in [-0.39, 0.29) is 17.7 Å². The molecule has 1 aromatic heterocycles. The average molecular weight is 555 g/mol. The number of hydrogen-bond acceptors (Lipinski definition) is 5. The summed E-state index contributed by atoms with van der Waals surface area (Å²) in [5, 5.41) is 11.0. The van der Waals surface area contributed by atoms with Crippen molar-refractivity contribution in [3.63, 3.8) is 0 Å². The molecule has 7 nitrogen and oxygen atoms in total. The fourth-order valence-corrected chi connectivity index (χ4v) is 4.82. The number of nitrogens with zero attached hydrogens (tertiary/aromatic N) is 3. The zero-order valence-corrected chi connectivity index (χ0v) is 24.5. The monoisotopic (exact) mass is 554 g/mol. The number of ether oxygens (including phenoxy) is 2. The van der Waals surface area contributed by atoms with Crippen molar-refractivity contribution in [1.29, 1.82) is 0 Å². The number of hydrogen-bond donors (Lipinski definition) is 1. The molecule has 4 rings (SSSR count). The van der Waals surface area contributed by atoms with Gasteiger partial charge in [-0.25, -0.2) is 4.68 Å². The minimum atomic E-state index is -0.299. The number of carbonyl (C=O) groups excluding carboxylic acids is 1. The molecule has 0 spiro atoms. The number of unbranched alkanes of at least 4 members (excludes halogenated alkanes) is 4. The van der Waals surface area contributed by atoms with E-state index in [0.717, 1.165) is 47.5 Å². The van der Waals surface area contributed by atoms with Crippen molar-refractivity contribution < 1.29 is 14.3 Å². The van der Waals surface area contributed by atoms with Gasteiger partial charge in [-0.3, -0.25) is 4.79 Å². The van der Waals surface area contributed by atoms with E-state index in [1.54, 1.807) is 18.0 Å². The van der Waals surface area contributed by atoms with Gasteiger partial charge in [-0.2, -0.15) is 0 Å². The first-order chi connectivity index (χ1) is 20.1. The third kappa shape index (κ3) is 9.20. The predicted octanol–water partition coefficient (Wildman–Crippen LogP) is 8.16. The molecule has 0 aliphatic rings. The van der Waals surface area contributed by atoms with Gasteiger partial charge < -0.3 is 14.8 Å². The molecule has 0 radical (unpaired) electrons. The van der Waals surface area contributed by atoms with Crippen LogP contribution < -0.4 is 14.8 Å². The Balaban J connectivity index is 1.29. The smallest absolute Gasteiger partial charge is 0.277 e. The van der Waals surface area contributed by atoms with Crippen molar-refractivity contribution in [2.75, 3.05) is 12.4 Å². The van der Waals surface area contributed by atoms with E-state index < -0.39 is 0 Å². The van der Waals surface area contributed by atoms with E-state index in [0.29, 0.717) is 12.2 Å². The average Bonchev–Trinajstić information content (AvgIpc) is 3.47. The van der Waals surface area contributed by atoms with E-state index in [2.05, 4.69) is 53.7 Å². The first kappa shape index (κ1) is 29.8. The molecule has 1 amide bonds. The zero-order chi connectivity index (χ0) is 28.9. The lowest BCUT2D eigenvalue weighted by molar-refractivity contribution is 0.102. The molecule has 4 aromatic rings. The van der Waals surface area contributed by atoms with Gasteiger partial charge in [0.15, 0.2) is 5.69 Å². The molecule has 0 aliphatic carbocycles. The minimum Gasteiger partial charge on any atom is -0.497 e. The van der Waals surface area contributed by atoms with Crippen molar-refractivity contribution in [2.45, 2.75) is 77.9 Å². The van der Waals surface area contributed by atoms with Crippen LogP contribution in [-0.4, -0.2) is 34.1 Å². The van der Waals surface area contributed by atoms with E-state index in [9.17, 15) is 4.79 Å². The van der Waals surface area contributed by atoms with Crippen LogP contribution in [0.3, 0.4) is 0 Å². The van der Waals surface area contributed by atoms with Gasteiger partial charge in [-0.1, -0.05) is 87.6 Å². The van der Waals surface area contributed by atoms with Gasteiger partial charge >= 0.3 is 0 Å². The summed E-state index contributed by atoms with van der Waals surface area (Å²) in [5.41, 5.74) is 4.17. The zero-order valence-electron chi connectivity index (χ0n) is 24.5. The number of nitrogens with one attached hydrogen (secondary N) is 1. The molecule has 41 heavy (non-hydrogen) atoms. The summed E-state index contributed by atoms with van der Waals surface area (Å²) < 4.78 is 13.2. The normalized spacial score (nSPS) is 11.7. The lowest BCUT2D eigenvalue weighted by Crippen LogP contribution is -2.16. The third-order valence-corrected chi connectivity index (χ3v) is 7.15. The van der Waals surface area contributed by atoms with E-state index in [1.165, 1.54) is 32.1 Å². The third-order valence-electron chi connectivity index (χ3n) is 7.15. The molecule has 1 unspecified atom stereocenters. The largest absolute Gasteiger partial charge is 0.497 e. The quantitative estimate of drug-likeness (QED) is 0.141. The van der Waals surface area contributed by atoms with Crippen LogP contribution in [0.2, 0.25) is 0 Å². The maximum Gasteiger partial charge on any atom is 0.277 e. The minimum absolute atomic E-state index is 0.264. The van der Waals surface area contributed by atoms with Crippen LogP contribution in [0.25, 0.3) is 11.1 Å². The fourth-order valence-electron chi connectivity index (χ4n) is 4.82. The Labute approximate surface area is 243 Å². The molecule has 0 saturated heterocycles. The second kappa shape index (κ2) is 15.6. The molecule has 0 aliphatic heterocycles. The van der Waals surface area contributed by atoms with Crippen LogP contribution in [0.1, 0.15) is 81.3 Å². The summed E-state index contributed by atoms with van der Waals surface area (Å²) in [6.45, 7) is 4.98. The van der Waals surface area contributed by atoms with Gasteiger partial charge in [0.25, 0.3) is 5.91 Å².